The maximum absolute atomic E-state index is 14.8. The van der Waals surface area contributed by atoms with Crippen molar-refractivity contribution in [3.8, 4) is 16.9 Å². The van der Waals surface area contributed by atoms with Gasteiger partial charge >= 0.3 is 0 Å². The summed E-state index contributed by atoms with van der Waals surface area (Å²) in [5.41, 5.74) is 0.973. The first-order valence-corrected chi connectivity index (χ1v) is 11.0. The smallest absolute Gasteiger partial charge is 0.201 e. The molecule has 1 aliphatic rings. The first kappa shape index (κ1) is 21.7. The molecule has 3 rings (SSSR count). The van der Waals surface area contributed by atoms with Gasteiger partial charge in [-0.25, -0.2) is 8.78 Å². The number of hydrogen-bond acceptors (Lipinski definition) is 1. The fourth-order valence-electron chi connectivity index (χ4n) is 4.48. The summed E-state index contributed by atoms with van der Waals surface area (Å²) in [6.45, 7) is 4.16. The lowest BCUT2D eigenvalue weighted by Gasteiger charge is -2.29. The van der Waals surface area contributed by atoms with Crippen molar-refractivity contribution in [3.05, 3.63) is 53.3 Å². The van der Waals surface area contributed by atoms with E-state index in [1.165, 1.54) is 56.7 Å². The molecule has 1 saturated carbocycles. The number of unbranched alkanes of at least 4 members (excludes halogenated alkanes) is 2. The highest BCUT2D eigenvalue weighted by Gasteiger charge is 2.24. The van der Waals surface area contributed by atoms with E-state index in [1.807, 2.05) is 6.07 Å². The van der Waals surface area contributed by atoms with E-state index in [0.29, 0.717) is 5.92 Å². The molecule has 0 saturated heterocycles. The molecule has 1 fully saturated rings. The van der Waals surface area contributed by atoms with E-state index in [4.69, 9.17) is 4.74 Å². The monoisotopic (exact) mass is 404 g/mol. The van der Waals surface area contributed by atoms with Crippen molar-refractivity contribution < 1.29 is 17.9 Å². The van der Waals surface area contributed by atoms with Crippen molar-refractivity contribution in [2.75, 3.05) is 6.61 Å². The van der Waals surface area contributed by atoms with Crippen molar-refractivity contribution in [1.29, 1.82) is 0 Å². The third kappa shape index (κ3) is 5.15. The molecule has 0 heterocycles. The Morgan fingerprint density at radius 3 is 2.24 bits per heavy atom. The number of hydrogen-bond donors (Lipinski definition) is 0. The van der Waals surface area contributed by atoms with E-state index < -0.39 is 17.5 Å². The van der Waals surface area contributed by atoms with Gasteiger partial charge < -0.3 is 4.74 Å². The minimum absolute atomic E-state index is 0.0744. The first-order valence-electron chi connectivity index (χ1n) is 11.0. The maximum Gasteiger partial charge on any atom is 0.201 e. The average molecular weight is 405 g/mol. The van der Waals surface area contributed by atoms with Crippen molar-refractivity contribution >= 4 is 0 Å². The van der Waals surface area contributed by atoms with Crippen molar-refractivity contribution in [2.24, 2.45) is 5.92 Å². The topological polar surface area (TPSA) is 9.23 Å². The van der Waals surface area contributed by atoms with E-state index in [1.54, 1.807) is 13.0 Å². The molecular formula is C25H31F3O. The van der Waals surface area contributed by atoms with Crippen LogP contribution < -0.4 is 4.74 Å². The summed E-state index contributed by atoms with van der Waals surface area (Å²) in [6, 6.07) is 7.68. The fraction of sp³-hybridized carbons (Fsp3) is 0.520. The van der Waals surface area contributed by atoms with Gasteiger partial charge in [-0.05, 0) is 68.2 Å². The van der Waals surface area contributed by atoms with Crippen LogP contribution in [0.5, 0.6) is 5.75 Å². The lowest BCUT2D eigenvalue weighted by Crippen LogP contribution is -2.13. The molecule has 0 unspecified atom stereocenters. The predicted molar refractivity (Wildman–Crippen MR) is 112 cm³/mol. The Bertz CT molecular complexity index is 810. The molecule has 2 aromatic rings. The number of halogens is 3. The van der Waals surface area contributed by atoms with Crippen LogP contribution in [0.15, 0.2) is 30.3 Å². The van der Waals surface area contributed by atoms with Gasteiger partial charge in [0.2, 0.25) is 5.82 Å². The lowest BCUT2D eigenvalue weighted by molar-refractivity contribution is 0.302. The maximum atomic E-state index is 14.8. The van der Waals surface area contributed by atoms with Gasteiger partial charge in [0.1, 0.15) is 5.82 Å². The van der Waals surface area contributed by atoms with Gasteiger partial charge in [-0.3, -0.25) is 0 Å². The molecule has 0 N–H and O–H groups in total. The van der Waals surface area contributed by atoms with Crippen LogP contribution in [0, 0.1) is 23.4 Å². The summed E-state index contributed by atoms with van der Waals surface area (Å²) in [4.78, 5) is 0. The molecule has 0 spiro atoms. The second-order valence-corrected chi connectivity index (χ2v) is 8.12. The molecule has 0 aliphatic heterocycles. The van der Waals surface area contributed by atoms with Gasteiger partial charge in [-0.2, -0.15) is 4.39 Å². The van der Waals surface area contributed by atoms with Gasteiger partial charge in [-0.15, -0.1) is 0 Å². The van der Waals surface area contributed by atoms with E-state index in [9.17, 15) is 13.2 Å². The van der Waals surface area contributed by atoms with Crippen LogP contribution in [0.3, 0.4) is 0 Å². The molecule has 0 atom stereocenters. The van der Waals surface area contributed by atoms with E-state index in [0.717, 1.165) is 24.3 Å². The van der Waals surface area contributed by atoms with Crippen LogP contribution in [-0.2, 0) is 0 Å². The molecule has 0 aromatic heterocycles. The van der Waals surface area contributed by atoms with Crippen molar-refractivity contribution in [1.82, 2.24) is 0 Å². The fourth-order valence-corrected chi connectivity index (χ4v) is 4.48. The Morgan fingerprint density at radius 1 is 0.862 bits per heavy atom. The van der Waals surface area contributed by atoms with Crippen LogP contribution in [0.1, 0.15) is 76.7 Å². The molecule has 29 heavy (non-hydrogen) atoms. The second kappa shape index (κ2) is 10.2. The van der Waals surface area contributed by atoms with Crippen molar-refractivity contribution in [2.45, 2.75) is 71.1 Å². The SMILES string of the molecule is CCCCCC1CCC(c2ccc(-c3ccc(OCC)c(F)c3F)c(F)c2)CC1. The minimum Gasteiger partial charge on any atom is -0.491 e. The van der Waals surface area contributed by atoms with E-state index >= 15 is 0 Å². The van der Waals surface area contributed by atoms with E-state index in [-0.39, 0.29) is 23.5 Å². The quantitative estimate of drug-likeness (QED) is 0.405. The third-order valence-corrected chi connectivity index (χ3v) is 6.16. The lowest BCUT2D eigenvalue weighted by atomic mass is 9.77. The zero-order valence-electron chi connectivity index (χ0n) is 17.4. The van der Waals surface area contributed by atoms with Crippen LogP contribution >= 0.6 is 0 Å². The summed E-state index contributed by atoms with van der Waals surface area (Å²) in [5, 5.41) is 0. The average Bonchev–Trinajstić information content (AvgIpc) is 2.73. The van der Waals surface area contributed by atoms with Crippen LogP contribution in [-0.4, -0.2) is 6.61 Å². The largest absolute Gasteiger partial charge is 0.491 e. The molecule has 0 bridgehead atoms. The van der Waals surface area contributed by atoms with Gasteiger partial charge in [-0.1, -0.05) is 44.7 Å². The summed E-state index contributed by atoms with van der Waals surface area (Å²) >= 11 is 0. The highest BCUT2D eigenvalue weighted by molar-refractivity contribution is 5.66. The second-order valence-electron chi connectivity index (χ2n) is 8.12. The molecule has 1 aliphatic carbocycles. The number of rotatable bonds is 8. The summed E-state index contributed by atoms with van der Waals surface area (Å²) in [7, 11) is 0. The van der Waals surface area contributed by atoms with Gasteiger partial charge in [0, 0.05) is 11.1 Å². The van der Waals surface area contributed by atoms with Gasteiger partial charge in [0.05, 0.1) is 6.61 Å². The van der Waals surface area contributed by atoms with Crippen LogP contribution in [0.4, 0.5) is 13.2 Å². The van der Waals surface area contributed by atoms with Crippen molar-refractivity contribution in [3.63, 3.8) is 0 Å². The molecular weight excluding hydrogens is 373 g/mol. The summed E-state index contributed by atoms with van der Waals surface area (Å²) in [6.07, 6.45) is 9.68. The number of ether oxygens (including phenoxy) is 1. The Kier molecular flexibility index (Phi) is 7.63. The predicted octanol–water partition coefficient (Wildman–Crippen LogP) is 8.02. The highest BCUT2D eigenvalue weighted by atomic mass is 19.2. The van der Waals surface area contributed by atoms with Gasteiger partial charge in [0.15, 0.2) is 11.6 Å². The normalized spacial score (nSPS) is 19.3. The Morgan fingerprint density at radius 2 is 1.59 bits per heavy atom. The Balaban J connectivity index is 1.71. The zero-order chi connectivity index (χ0) is 20.8. The highest BCUT2D eigenvalue weighted by Crippen LogP contribution is 2.39. The van der Waals surface area contributed by atoms with E-state index in [2.05, 4.69) is 6.92 Å². The zero-order valence-corrected chi connectivity index (χ0v) is 17.4. The standard InChI is InChI=1S/C25H31F3O/c1-3-5-6-7-17-8-10-18(11-9-17)19-12-13-20(22(26)16-19)21-14-15-23(29-4-2)25(28)24(21)27/h12-18H,3-11H2,1-2H3. The van der Waals surface area contributed by atoms with Crippen LogP contribution in [0.25, 0.3) is 11.1 Å². The summed E-state index contributed by atoms with van der Waals surface area (Å²) in [5.74, 6) is -1.66. The number of benzene rings is 2. The first-order chi connectivity index (χ1) is 14.0. The third-order valence-electron chi connectivity index (χ3n) is 6.16. The summed E-state index contributed by atoms with van der Waals surface area (Å²) < 4.78 is 48.5. The molecule has 158 valence electrons. The Labute approximate surface area is 172 Å². The molecule has 4 heteroatoms. The molecule has 0 radical (unpaired) electrons. The minimum atomic E-state index is -1.07. The molecule has 2 aromatic carbocycles. The van der Waals surface area contributed by atoms with Crippen LogP contribution in [0.2, 0.25) is 0 Å². The molecule has 1 nitrogen and oxygen atoms in total. The Hall–Kier alpha value is -1.97. The van der Waals surface area contributed by atoms with Gasteiger partial charge in [0.25, 0.3) is 0 Å². The molecule has 0 amide bonds.